The third-order valence-corrected chi connectivity index (χ3v) is 8.42. The minimum absolute atomic E-state index is 0.186. The molecular weight excluding hydrogens is 526 g/mol. The van der Waals surface area contributed by atoms with Gasteiger partial charge in [-0.1, -0.05) is 24.3 Å². The third-order valence-electron chi connectivity index (χ3n) is 8.42. The molecule has 1 atom stereocenters. The van der Waals surface area contributed by atoms with Crippen molar-refractivity contribution in [1.82, 2.24) is 15.2 Å². The SMILES string of the molecule is Cc1ccccc1N1CCCC(Cc2ccc(C(=O)NCCCN3CCCC3=O)cc2NC(=O)c2cccnc2)CC1. The lowest BCUT2D eigenvalue weighted by atomic mass is 9.91. The van der Waals surface area contributed by atoms with Crippen LogP contribution >= 0.6 is 0 Å². The Kier molecular flexibility index (Phi) is 9.85. The largest absolute Gasteiger partial charge is 0.371 e. The fraction of sp³-hybridized carbons (Fsp3) is 0.412. The van der Waals surface area contributed by atoms with Crippen LogP contribution in [0.15, 0.2) is 67.0 Å². The van der Waals surface area contributed by atoms with Crippen LogP contribution in [0.2, 0.25) is 0 Å². The van der Waals surface area contributed by atoms with Gasteiger partial charge in [0.15, 0.2) is 0 Å². The Bertz CT molecular complexity index is 1390. The van der Waals surface area contributed by atoms with Crippen molar-refractivity contribution in [3.05, 3.63) is 89.2 Å². The molecule has 2 saturated heterocycles. The number of amides is 3. The highest BCUT2D eigenvalue weighted by molar-refractivity contribution is 6.05. The van der Waals surface area contributed by atoms with E-state index in [1.807, 2.05) is 17.0 Å². The van der Waals surface area contributed by atoms with Gasteiger partial charge in [-0.05, 0) is 92.8 Å². The van der Waals surface area contributed by atoms with Gasteiger partial charge in [-0.15, -0.1) is 0 Å². The number of aromatic nitrogens is 1. The molecule has 8 heteroatoms. The van der Waals surface area contributed by atoms with Gasteiger partial charge in [-0.25, -0.2) is 0 Å². The second-order valence-electron chi connectivity index (χ2n) is 11.4. The monoisotopic (exact) mass is 567 g/mol. The summed E-state index contributed by atoms with van der Waals surface area (Å²) in [5.41, 5.74) is 5.28. The van der Waals surface area contributed by atoms with E-state index in [2.05, 4.69) is 51.7 Å². The molecule has 2 aromatic carbocycles. The first-order valence-corrected chi connectivity index (χ1v) is 15.2. The van der Waals surface area contributed by atoms with E-state index in [-0.39, 0.29) is 17.7 Å². The van der Waals surface area contributed by atoms with Crippen LogP contribution in [0.25, 0.3) is 0 Å². The van der Waals surface area contributed by atoms with Crippen molar-refractivity contribution in [3.63, 3.8) is 0 Å². The Morgan fingerprint density at radius 1 is 0.952 bits per heavy atom. The molecule has 2 fully saturated rings. The number of rotatable bonds is 10. The fourth-order valence-electron chi connectivity index (χ4n) is 6.06. The molecule has 5 rings (SSSR count). The minimum atomic E-state index is -0.246. The molecule has 0 radical (unpaired) electrons. The summed E-state index contributed by atoms with van der Waals surface area (Å²) in [4.78, 5) is 46.4. The number of hydrogen-bond acceptors (Lipinski definition) is 5. The van der Waals surface area contributed by atoms with E-state index < -0.39 is 0 Å². The molecular formula is C34H41N5O3. The molecule has 1 aromatic heterocycles. The Hall–Kier alpha value is -4.20. The normalized spacial score (nSPS) is 17.2. The summed E-state index contributed by atoms with van der Waals surface area (Å²) in [7, 11) is 0. The maximum absolute atomic E-state index is 13.1. The van der Waals surface area contributed by atoms with Gasteiger partial charge in [-0.3, -0.25) is 19.4 Å². The van der Waals surface area contributed by atoms with Gasteiger partial charge < -0.3 is 20.4 Å². The molecule has 8 nitrogen and oxygen atoms in total. The number of nitrogens with one attached hydrogen (secondary N) is 2. The highest BCUT2D eigenvalue weighted by Gasteiger charge is 2.22. The molecule has 0 saturated carbocycles. The first-order chi connectivity index (χ1) is 20.5. The van der Waals surface area contributed by atoms with Crippen molar-refractivity contribution in [3.8, 4) is 0 Å². The number of carbonyl (C=O) groups excluding carboxylic acids is 3. The van der Waals surface area contributed by atoms with Gasteiger partial charge in [0.2, 0.25) is 5.91 Å². The molecule has 1 unspecified atom stereocenters. The number of hydrogen-bond donors (Lipinski definition) is 2. The van der Waals surface area contributed by atoms with Gasteiger partial charge in [0.25, 0.3) is 11.8 Å². The van der Waals surface area contributed by atoms with E-state index in [9.17, 15) is 14.4 Å². The van der Waals surface area contributed by atoms with Crippen LogP contribution in [-0.4, -0.2) is 60.3 Å². The summed E-state index contributed by atoms with van der Waals surface area (Å²) < 4.78 is 0. The molecule has 3 amide bonds. The molecule has 2 N–H and O–H groups in total. The van der Waals surface area contributed by atoms with Crippen molar-refractivity contribution in [2.24, 2.45) is 5.92 Å². The molecule has 3 aromatic rings. The van der Waals surface area contributed by atoms with Gasteiger partial charge in [-0.2, -0.15) is 0 Å². The van der Waals surface area contributed by atoms with E-state index in [0.717, 1.165) is 57.3 Å². The number of pyridine rings is 1. The number of carbonyl (C=O) groups is 3. The quantitative estimate of drug-likeness (QED) is 0.327. The molecule has 3 heterocycles. The molecule has 0 spiro atoms. The second kappa shape index (κ2) is 14.1. The van der Waals surface area contributed by atoms with Crippen LogP contribution in [0.3, 0.4) is 0 Å². The number of anilines is 2. The van der Waals surface area contributed by atoms with E-state index in [0.29, 0.717) is 48.7 Å². The second-order valence-corrected chi connectivity index (χ2v) is 11.4. The predicted molar refractivity (Wildman–Crippen MR) is 166 cm³/mol. The van der Waals surface area contributed by atoms with Crippen LogP contribution < -0.4 is 15.5 Å². The molecule has 220 valence electrons. The van der Waals surface area contributed by atoms with Gasteiger partial charge in [0.1, 0.15) is 0 Å². The number of aryl methyl sites for hydroxylation is 1. The molecule has 42 heavy (non-hydrogen) atoms. The Morgan fingerprint density at radius 2 is 1.83 bits per heavy atom. The van der Waals surface area contributed by atoms with Crippen molar-refractivity contribution in [2.45, 2.75) is 51.9 Å². The summed E-state index contributed by atoms with van der Waals surface area (Å²) in [6, 6.07) is 17.7. The van der Waals surface area contributed by atoms with Crippen molar-refractivity contribution >= 4 is 29.1 Å². The fourth-order valence-corrected chi connectivity index (χ4v) is 6.06. The van der Waals surface area contributed by atoms with E-state index >= 15 is 0 Å². The Balaban J connectivity index is 1.26. The van der Waals surface area contributed by atoms with E-state index in [4.69, 9.17) is 0 Å². The average molecular weight is 568 g/mol. The maximum Gasteiger partial charge on any atom is 0.257 e. The zero-order valence-electron chi connectivity index (χ0n) is 24.5. The van der Waals surface area contributed by atoms with Crippen LogP contribution in [0.1, 0.15) is 70.4 Å². The first-order valence-electron chi connectivity index (χ1n) is 15.2. The minimum Gasteiger partial charge on any atom is -0.371 e. The molecule has 0 bridgehead atoms. The highest BCUT2D eigenvalue weighted by atomic mass is 16.2. The summed E-state index contributed by atoms with van der Waals surface area (Å²) in [6.45, 7) is 6.15. The predicted octanol–water partition coefficient (Wildman–Crippen LogP) is 5.23. The smallest absolute Gasteiger partial charge is 0.257 e. The van der Waals surface area contributed by atoms with Crippen LogP contribution in [0.4, 0.5) is 11.4 Å². The third kappa shape index (κ3) is 7.55. The summed E-state index contributed by atoms with van der Waals surface area (Å²) >= 11 is 0. The van der Waals surface area contributed by atoms with Crippen molar-refractivity contribution in [2.75, 3.05) is 42.9 Å². The van der Waals surface area contributed by atoms with E-state index in [1.165, 1.54) is 11.3 Å². The highest BCUT2D eigenvalue weighted by Crippen LogP contribution is 2.30. The molecule has 2 aliphatic rings. The van der Waals surface area contributed by atoms with Gasteiger partial charge in [0, 0.05) is 68.5 Å². The molecule has 0 aliphatic carbocycles. The van der Waals surface area contributed by atoms with Crippen LogP contribution in [0.5, 0.6) is 0 Å². The van der Waals surface area contributed by atoms with Gasteiger partial charge >= 0.3 is 0 Å². The van der Waals surface area contributed by atoms with Gasteiger partial charge in [0.05, 0.1) is 5.56 Å². The number of benzene rings is 2. The number of para-hydroxylation sites is 1. The lowest BCUT2D eigenvalue weighted by Gasteiger charge is -2.25. The lowest BCUT2D eigenvalue weighted by Crippen LogP contribution is -2.30. The zero-order chi connectivity index (χ0) is 29.3. The standard InChI is InChI=1S/C34H41N5O3/c1-25-8-2-3-11-31(25)38-18-5-9-26(15-21-38)22-27-13-14-28(23-30(27)37-34(42)29-10-4-16-35-24-29)33(41)36-17-7-20-39-19-6-12-32(39)40/h2-4,8,10-11,13-14,16,23-24,26H,5-7,9,12,15,17-22H2,1H3,(H,36,41)(H,37,42). The summed E-state index contributed by atoms with van der Waals surface area (Å²) in [5, 5.41) is 6.04. The first kappa shape index (κ1) is 29.3. The topological polar surface area (TPSA) is 94.6 Å². The van der Waals surface area contributed by atoms with Crippen LogP contribution in [-0.2, 0) is 11.2 Å². The average Bonchev–Trinajstić information content (AvgIpc) is 3.27. The van der Waals surface area contributed by atoms with Crippen molar-refractivity contribution in [1.29, 1.82) is 0 Å². The number of nitrogens with zero attached hydrogens (tertiary/aromatic N) is 3. The Morgan fingerprint density at radius 3 is 2.62 bits per heavy atom. The van der Waals surface area contributed by atoms with Crippen molar-refractivity contribution < 1.29 is 14.4 Å². The zero-order valence-corrected chi connectivity index (χ0v) is 24.5. The summed E-state index contributed by atoms with van der Waals surface area (Å²) in [5.74, 6) is 0.238. The van der Waals surface area contributed by atoms with E-state index in [1.54, 1.807) is 30.6 Å². The summed E-state index contributed by atoms with van der Waals surface area (Å²) in [6.07, 6.45) is 9.54. The lowest BCUT2D eigenvalue weighted by molar-refractivity contribution is -0.127. The van der Waals surface area contributed by atoms with Crippen LogP contribution in [0, 0.1) is 12.8 Å². The maximum atomic E-state index is 13.1. The molecule has 2 aliphatic heterocycles. The Labute approximate surface area is 248 Å². The number of likely N-dealkylation sites (tertiary alicyclic amines) is 1.